The third kappa shape index (κ3) is 8.47. The van der Waals surface area contributed by atoms with Crippen LogP contribution in [0.15, 0.2) is 18.2 Å². The Labute approximate surface area is 148 Å². The molecule has 1 unspecified atom stereocenters. The first-order chi connectivity index (χ1) is 11.0. The molecule has 1 N–H and O–H groups in total. The first-order valence-corrected chi connectivity index (χ1v) is 9.14. The van der Waals surface area contributed by atoms with E-state index in [1.54, 1.807) is 18.2 Å². The molecule has 1 aromatic carbocycles. The summed E-state index contributed by atoms with van der Waals surface area (Å²) in [5, 5.41) is 10.1. The number of unbranched alkanes of at least 4 members (excludes halogenated alkanes) is 7. The molecule has 130 valence electrons. The van der Waals surface area contributed by atoms with Crippen molar-refractivity contribution in [2.75, 3.05) is 0 Å². The normalized spacial score (nSPS) is 12.1. The SMILES string of the molecule is CCCCCCCCCCC(Oc1ccc(Cl)cc1Cl)C(=O)O. The Kier molecular flexibility index (Phi) is 10.1. The predicted octanol–water partition coefficient (Wildman–Crippen LogP) is 6.36. The Balaban J connectivity index is 2.31. The summed E-state index contributed by atoms with van der Waals surface area (Å²) in [7, 11) is 0. The number of halogens is 2. The number of ether oxygens (including phenoxy) is 1. The van der Waals surface area contributed by atoms with Gasteiger partial charge in [0.05, 0.1) is 5.02 Å². The van der Waals surface area contributed by atoms with E-state index in [2.05, 4.69) is 6.92 Å². The lowest BCUT2D eigenvalue weighted by Crippen LogP contribution is -2.27. The number of carbonyl (C=O) groups is 1. The van der Waals surface area contributed by atoms with E-state index in [1.165, 1.54) is 32.1 Å². The monoisotopic (exact) mass is 360 g/mol. The molecular weight excluding hydrogens is 335 g/mol. The van der Waals surface area contributed by atoms with Crippen LogP contribution in [0.25, 0.3) is 0 Å². The van der Waals surface area contributed by atoms with Crippen molar-refractivity contribution in [2.45, 2.75) is 70.8 Å². The molecule has 0 aromatic heterocycles. The van der Waals surface area contributed by atoms with Gasteiger partial charge in [-0.3, -0.25) is 0 Å². The van der Waals surface area contributed by atoms with Gasteiger partial charge >= 0.3 is 5.97 Å². The van der Waals surface area contributed by atoms with Gasteiger partial charge in [0.25, 0.3) is 0 Å². The molecule has 0 saturated carbocycles. The molecule has 0 aliphatic heterocycles. The molecule has 23 heavy (non-hydrogen) atoms. The molecule has 0 fully saturated rings. The molecule has 0 amide bonds. The predicted molar refractivity (Wildman–Crippen MR) is 95.7 cm³/mol. The molecule has 0 aliphatic carbocycles. The van der Waals surface area contributed by atoms with Crippen molar-refractivity contribution in [3.05, 3.63) is 28.2 Å². The molecule has 1 rings (SSSR count). The van der Waals surface area contributed by atoms with Crippen LogP contribution >= 0.6 is 23.2 Å². The van der Waals surface area contributed by atoms with E-state index < -0.39 is 12.1 Å². The number of hydrogen-bond donors (Lipinski definition) is 1. The van der Waals surface area contributed by atoms with E-state index in [1.807, 2.05) is 0 Å². The molecule has 0 saturated heterocycles. The van der Waals surface area contributed by atoms with E-state index in [4.69, 9.17) is 27.9 Å². The molecule has 0 heterocycles. The third-order valence-corrected chi connectivity index (χ3v) is 4.29. The van der Waals surface area contributed by atoms with Gasteiger partial charge < -0.3 is 9.84 Å². The average Bonchev–Trinajstić information content (AvgIpc) is 2.50. The molecule has 5 heteroatoms. The Morgan fingerprint density at radius 1 is 1.09 bits per heavy atom. The quantitative estimate of drug-likeness (QED) is 0.441. The zero-order valence-electron chi connectivity index (χ0n) is 13.7. The summed E-state index contributed by atoms with van der Waals surface area (Å²) < 4.78 is 5.53. The number of aliphatic carboxylic acids is 1. The van der Waals surface area contributed by atoms with Gasteiger partial charge in [-0.15, -0.1) is 0 Å². The van der Waals surface area contributed by atoms with Crippen LogP contribution in [0.4, 0.5) is 0 Å². The summed E-state index contributed by atoms with van der Waals surface area (Å²) in [6.07, 6.45) is 9.00. The standard InChI is InChI=1S/C18H26Cl2O3/c1-2-3-4-5-6-7-8-9-10-17(18(21)22)23-16-12-11-14(19)13-15(16)20/h11-13,17H,2-10H2,1H3,(H,21,22). The van der Waals surface area contributed by atoms with Crippen molar-refractivity contribution in [3.8, 4) is 5.75 Å². The second kappa shape index (κ2) is 11.6. The van der Waals surface area contributed by atoms with Crippen LogP contribution in [-0.2, 0) is 4.79 Å². The number of rotatable bonds is 12. The van der Waals surface area contributed by atoms with Crippen molar-refractivity contribution >= 4 is 29.2 Å². The molecule has 0 aliphatic rings. The summed E-state index contributed by atoms with van der Waals surface area (Å²) in [5.74, 6) is -0.595. The first kappa shape index (κ1) is 20.1. The van der Waals surface area contributed by atoms with Crippen molar-refractivity contribution in [1.29, 1.82) is 0 Å². The fraction of sp³-hybridized carbons (Fsp3) is 0.611. The zero-order chi connectivity index (χ0) is 17.1. The Hall–Kier alpha value is -0.930. The van der Waals surface area contributed by atoms with E-state index in [-0.39, 0.29) is 0 Å². The van der Waals surface area contributed by atoms with Crippen LogP contribution in [0.5, 0.6) is 5.75 Å². The topological polar surface area (TPSA) is 46.5 Å². The van der Waals surface area contributed by atoms with Crippen LogP contribution in [0.2, 0.25) is 10.0 Å². The highest BCUT2D eigenvalue weighted by molar-refractivity contribution is 6.35. The van der Waals surface area contributed by atoms with E-state index in [0.717, 1.165) is 19.3 Å². The fourth-order valence-corrected chi connectivity index (χ4v) is 2.87. The highest BCUT2D eigenvalue weighted by Gasteiger charge is 2.20. The maximum absolute atomic E-state index is 11.3. The highest BCUT2D eigenvalue weighted by atomic mass is 35.5. The van der Waals surface area contributed by atoms with E-state index >= 15 is 0 Å². The summed E-state index contributed by atoms with van der Waals surface area (Å²) in [6, 6.07) is 4.79. The van der Waals surface area contributed by atoms with E-state index in [0.29, 0.717) is 22.2 Å². The zero-order valence-corrected chi connectivity index (χ0v) is 15.2. The van der Waals surface area contributed by atoms with Gasteiger partial charge in [0.15, 0.2) is 6.10 Å². The molecule has 1 atom stereocenters. The van der Waals surface area contributed by atoms with Crippen LogP contribution in [-0.4, -0.2) is 17.2 Å². The second-order valence-corrected chi connectivity index (χ2v) is 6.63. The summed E-state index contributed by atoms with van der Waals surface area (Å²) in [4.78, 5) is 11.3. The number of carboxylic acid groups (broad SMARTS) is 1. The Bertz CT molecular complexity index is 477. The van der Waals surface area contributed by atoms with Gasteiger partial charge in [-0.25, -0.2) is 4.79 Å². The van der Waals surface area contributed by atoms with Crippen LogP contribution < -0.4 is 4.74 Å². The Morgan fingerprint density at radius 2 is 1.70 bits per heavy atom. The third-order valence-electron chi connectivity index (χ3n) is 3.76. The summed E-state index contributed by atoms with van der Waals surface area (Å²) in [5.41, 5.74) is 0. The van der Waals surface area contributed by atoms with Gasteiger partial charge in [0.1, 0.15) is 5.75 Å². The van der Waals surface area contributed by atoms with Crippen molar-refractivity contribution in [1.82, 2.24) is 0 Å². The van der Waals surface area contributed by atoms with Crippen molar-refractivity contribution < 1.29 is 14.6 Å². The van der Waals surface area contributed by atoms with Crippen LogP contribution in [0, 0.1) is 0 Å². The molecular formula is C18H26Cl2O3. The lowest BCUT2D eigenvalue weighted by Gasteiger charge is -2.16. The number of hydrogen-bond acceptors (Lipinski definition) is 2. The average molecular weight is 361 g/mol. The number of carboxylic acids is 1. The minimum Gasteiger partial charge on any atom is -0.479 e. The van der Waals surface area contributed by atoms with Gasteiger partial charge in [-0.1, -0.05) is 75.1 Å². The van der Waals surface area contributed by atoms with Gasteiger partial charge in [-0.2, -0.15) is 0 Å². The first-order valence-electron chi connectivity index (χ1n) is 8.39. The number of benzene rings is 1. The molecule has 3 nitrogen and oxygen atoms in total. The van der Waals surface area contributed by atoms with Crippen LogP contribution in [0.3, 0.4) is 0 Å². The molecule has 0 radical (unpaired) electrons. The maximum Gasteiger partial charge on any atom is 0.344 e. The largest absolute Gasteiger partial charge is 0.479 e. The van der Waals surface area contributed by atoms with Gasteiger partial charge in [0, 0.05) is 5.02 Å². The lowest BCUT2D eigenvalue weighted by molar-refractivity contribution is -0.145. The molecule has 1 aromatic rings. The highest BCUT2D eigenvalue weighted by Crippen LogP contribution is 2.29. The van der Waals surface area contributed by atoms with Gasteiger partial charge in [0.2, 0.25) is 0 Å². The lowest BCUT2D eigenvalue weighted by atomic mass is 10.1. The van der Waals surface area contributed by atoms with Crippen molar-refractivity contribution in [3.63, 3.8) is 0 Å². The smallest absolute Gasteiger partial charge is 0.344 e. The fourth-order valence-electron chi connectivity index (χ4n) is 2.42. The van der Waals surface area contributed by atoms with Crippen LogP contribution in [0.1, 0.15) is 64.7 Å². The molecule has 0 spiro atoms. The minimum absolute atomic E-state index is 0.333. The Morgan fingerprint density at radius 3 is 2.26 bits per heavy atom. The summed E-state index contributed by atoms with van der Waals surface area (Å²) in [6.45, 7) is 2.21. The van der Waals surface area contributed by atoms with Gasteiger partial charge in [-0.05, 0) is 31.0 Å². The minimum atomic E-state index is -0.959. The second-order valence-electron chi connectivity index (χ2n) is 5.78. The maximum atomic E-state index is 11.3. The van der Waals surface area contributed by atoms with E-state index in [9.17, 15) is 9.90 Å². The summed E-state index contributed by atoms with van der Waals surface area (Å²) >= 11 is 11.8. The molecule has 0 bridgehead atoms. The van der Waals surface area contributed by atoms with Crippen molar-refractivity contribution in [2.24, 2.45) is 0 Å².